The Morgan fingerprint density at radius 1 is 1.33 bits per heavy atom. The van der Waals surface area contributed by atoms with Crippen molar-refractivity contribution in [3.8, 4) is 0 Å². The van der Waals surface area contributed by atoms with Gasteiger partial charge in [0.1, 0.15) is 5.60 Å². The number of hydrogen-bond acceptors (Lipinski definition) is 4. The molecule has 0 bridgehead atoms. The number of carbonyl (C=O) groups is 1. The number of alkyl carbamates (subject to hydrolysis) is 1. The largest absolute Gasteiger partial charge is 0.472 e. The summed E-state index contributed by atoms with van der Waals surface area (Å²) in [5.74, 6) is 0.307. The standard InChI is InChI=1S/C16H28N2O3/c1-11(2)14(18-15(19)21-16(4,5)6)9-17-12(3)13-7-8-20-10-13/h7-8,10-12,14,17H,9H2,1-6H3,(H,18,19). The van der Waals surface area contributed by atoms with Crippen LogP contribution in [-0.2, 0) is 4.74 Å². The van der Waals surface area contributed by atoms with Crippen molar-refractivity contribution in [2.45, 2.75) is 59.2 Å². The highest BCUT2D eigenvalue weighted by Gasteiger charge is 2.22. The van der Waals surface area contributed by atoms with Gasteiger partial charge in [0.2, 0.25) is 0 Å². The molecule has 0 saturated heterocycles. The van der Waals surface area contributed by atoms with Gasteiger partial charge in [0.25, 0.3) is 0 Å². The fourth-order valence-electron chi connectivity index (χ4n) is 1.86. The molecule has 0 aliphatic heterocycles. The number of amides is 1. The number of ether oxygens (including phenoxy) is 1. The summed E-state index contributed by atoms with van der Waals surface area (Å²) in [5.41, 5.74) is 0.609. The zero-order valence-electron chi connectivity index (χ0n) is 13.9. The van der Waals surface area contributed by atoms with Crippen LogP contribution in [0.15, 0.2) is 23.0 Å². The van der Waals surface area contributed by atoms with Crippen LogP contribution in [0.25, 0.3) is 0 Å². The Morgan fingerprint density at radius 2 is 2.00 bits per heavy atom. The van der Waals surface area contributed by atoms with Gasteiger partial charge in [-0.1, -0.05) is 13.8 Å². The molecule has 5 heteroatoms. The molecule has 1 amide bonds. The molecule has 0 fully saturated rings. The van der Waals surface area contributed by atoms with Crippen LogP contribution in [0, 0.1) is 5.92 Å². The Kier molecular flexibility index (Phi) is 6.27. The fourth-order valence-corrected chi connectivity index (χ4v) is 1.86. The second-order valence-corrected chi connectivity index (χ2v) is 6.68. The normalized spacial score (nSPS) is 14.8. The molecule has 1 rings (SSSR count). The maximum Gasteiger partial charge on any atom is 0.407 e. The lowest BCUT2D eigenvalue weighted by molar-refractivity contribution is 0.0489. The molecule has 0 saturated carbocycles. The predicted octanol–water partition coefficient (Wildman–Crippen LogP) is 3.48. The summed E-state index contributed by atoms with van der Waals surface area (Å²) in [7, 11) is 0. The fraction of sp³-hybridized carbons (Fsp3) is 0.688. The van der Waals surface area contributed by atoms with Crippen LogP contribution in [0.3, 0.4) is 0 Å². The Balaban J connectivity index is 2.48. The van der Waals surface area contributed by atoms with Crippen molar-refractivity contribution >= 4 is 6.09 Å². The monoisotopic (exact) mass is 296 g/mol. The predicted molar refractivity (Wildman–Crippen MR) is 83.1 cm³/mol. The summed E-state index contributed by atoms with van der Waals surface area (Å²) in [6.07, 6.45) is 3.01. The van der Waals surface area contributed by atoms with Gasteiger partial charge in [-0.3, -0.25) is 0 Å². The first kappa shape index (κ1) is 17.6. The van der Waals surface area contributed by atoms with Crippen LogP contribution < -0.4 is 10.6 Å². The van der Waals surface area contributed by atoms with Crippen LogP contribution >= 0.6 is 0 Å². The number of rotatable bonds is 6. The van der Waals surface area contributed by atoms with E-state index in [1.165, 1.54) is 0 Å². The Bertz CT molecular complexity index is 421. The molecule has 0 radical (unpaired) electrons. The van der Waals surface area contributed by atoms with Gasteiger partial charge >= 0.3 is 6.09 Å². The molecule has 21 heavy (non-hydrogen) atoms. The maximum atomic E-state index is 11.9. The van der Waals surface area contributed by atoms with Crippen LogP contribution in [0.1, 0.15) is 53.1 Å². The molecule has 5 nitrogen and oxygen atoms in total. The van der Waals surface area contributed by atoms with Gasteiger partial charge < -0.3 is 19.8 Å². The number of nitrogens with one attached hydrogen (secondary N) is 2. The lowest BCUT2D eigenvalue weighted by atomic mass is 10.0. The maximum absolute atomic E-state index is 11.9. The van der Waals surface area contributed by atoms with Crippen molar-refractivity contribution in [3.05, 3.63) is 24.2 Å². The smallest absolute Gasteiger partial charge is 0.407 e. The molecule has 2 atom stereocenters. The summed E-state index contributed by atoms with van der Waals surface area (Å²) in [6.45, 7) is 12.5. The molecule has 0 aliphatic rings. The molecule has 1 aromatic rings. The van der Waals surface area contributed by atoms with Gasteiger partial charge in [0, 0.05) is 24.2 Å². The minimum Gasteiger partial charge on any atom is -0.472 e. The lowest BCUT2D eigenvalue weighted by Gasteiger charge is -2.27. The number of furan rings is 1. The van der Waals surface area contributed by atoms with Gasteiger partial charge in [0.05, 0.1) is 12.5 Å². The molecule has 0 aromatic carbocycles. The second-order valence-electron chi connectivity index (χ2n) is 6.68. The van der Waals surface area contributed by atoms with Crippen molar-refractivity contribution in [1.29, 1.82) is 0 Å². The third-order valence-electron chi connectivity index (χ3n) is 3.19. The van der Waals surface area contributed by atoms with Crippen LogP contribution in [0.5, 0.6) is 0 Å². The zero-order chi connectivity index (χ0) is 16.0. The van der Waals surface area contributed by atoms with Crippen LogP contribution in [0.2, 0.25) is 0 Å². The van der Waals surface area contributed by atoms with Crippen molar-refractivity contribution in [1.82, 2.24) is 10.6 Å². The molecule has 2 unspecified atom stereocenters. The van der Waals surface area contributed by atoms with E-state index in [2.05, 4.69) is 31.4 Å². The molecule has 0 aliphatic carbocycles. The van der Waals surface area contributed by atoms with E-state index >= 15 is 0 Å². The average Bonchev–Trinajstić information content (AvgIpc) is 2.85. The van der Waals surface area contributed by atoms with Crippen molar-refractivity contribution in [3.63, 3.8) is 0 Å². The first-order valence-electron chi connectivity index (χ1n) is 7.44. The Morgan fingerprint density at radius 3 is 2.48 bits per heavy atom. The van der Waals surface area contributed by atoms with Crippen LogP contribution in [0.4, 0.5) is 4.79 Å². The SMILES string of the molecule is CC(NCC(NC(=O)OC(C)(C)C)C(C)C)c1ccoc1. The second kappa shape index (κ2) is 7.50. The van der Waals surface area contributed by atoms with Gasteiger partial charge in [0.15, 0.2) is 0 Å². The minimum absolute atomic E-state index is 0.00852. The van der Waals surface area contributed by atoms with E-state index in [1.54, 1.807) is 12.5 Å². The van der Waals surface area contributed by atoms with E-state index in [1.807, 2.05) is 26.8 Å². The van der Waals surface area contributed by atoms with E-state index < -0.39 is 5.60 Å². The van der Waals surface area contributed by atoms with Gasteiger partial charge in [-0.15, -0.1) is 0 Å². The first-order chi connectivity index (χ1) is 9.69. The van der Waals surface area contributed by atoms with Crippen molar-refractivity contribution in [2.24, 2.45) is 5.92 Å². The molecule has 2 N–H and O–H groups in total. The van der Waals surface area contributed by atoms with E-state index in [4.69, 9.17) is 9.15 Å². The van der Waals surface area contributed by atoms with Crippen LogP contribution in [-0.4, -0.2) is 24.3 Å². The highest BCUT2D eigenvalue weighted by molar-refractivity contribution is 5.68. The highest BCUT2D eigenvalue weighted by atomic mass is 16.6. The summed E-state index contributed by atoms with van der Waals surface area (Å²) in [4.78, 5) is 11.9. The highest BCUT2D eigenvalue weighted by Crippen LogP contribution is 2.13. The molecular formula is C16H28N2O3. The van der Waals surface area contributed by atoms with E-state index in [0.717, 1.165) is 5.56 Å². The quantitative estimate of drug-likeness (QED) is 0.843. The number of carbonyl (C=O) groups excluding carboxylic acids is 1. The summed E-state index contributed by atoms with van der Waals surface area (Å²) < 4.78 is 10.4. The molecular weight excluding hydrogens is 268 g/mol. The lowest BCUT2D eigenvalue weighted by Crippen LogP contribution is -2.47. The summed E-state index contributed by atoms with van der Waals surface area (Å²) >= 11 is 0. The number of hydrogen-bond donors (Lipinski definition) is 2. The summed E-state index contributed by atoms with van der Waals surface area (Å²) in [5, 5.41) is 6.33. The molecule has 1 heterocycles. The first-order valence-corrected chi connectivity index (χ1v) is 7.44. The van der Waals surface area contributed by atoms with E-state index in [0.29, 0.717) is 12.5 Å². The zero-order valence-corrected chi connectivity index (χ0v) is 13.9. The summed E-state index contributed by atoms with van der Waals surface area (Å²) in [6, 6.07) is 2.11. The van der Waals surface area contributed by atoms with E-state index in [-0.39, 0.29) is 18.2 Å². The van der Waals surface area contributed by atoms with E-state index in [9.17, 15) is 4.79 Å². The Hall–Kier alpha value is -1.49. The topological polar surface area (TPSA) is 63.5 Å². The van der Waals surface area contributed by atoms with Crippen molar-refractivity contribution < 1.29 is 13.9 Å². The van der Waals surface area contributed by atoms with Gasteiger partial charge in [-0.2, -0.15) is 0 Å². The third-order valence-corrected chi connectivity index (χ3v) is 3.19. The average molecular weight is 296 g/mol. The molecule has 120 valence electrons. The molecule has 1 aromatic heterocycles. The molecule has 0 spiro atoms. The van der Waals surface area contributed by atoms with Crippen molar-refractivity contribution in [2.75, 3.05) is 6.54 Å². The minimum atomic E-state index is -0.483. The Labute approximate surface area is 127 Å². The van der Waals surface area contributed by atoms with Gasteiger partial charge in [-0.05, 0) is 39.7 Å². The van der Waals surface area contributed by atoms with Gasteiger partial charge in [-0.25, -0.2) is 4.79 Å². The third kappa shape index (κ3) is 6.67.